The molecule has 1 heterocycles. The van der Waals surface area contributed by atoms with Crippen LogP contribution in [0.3, 0.4) is 0 Å². The maximum Gasteiger partial charge on any atom is 0.336 e. The molecule has 190 valence electrons. The van der Waals surface area contributed by atoms with Crippen molar-refractivity contribution in [3.05, 3.63) is 118 Å². The predicted molar refractivity (Wildman–Crippen MR) is 142 cm³/mol. The largest absolute Gasteiger partial charge is 0.463 e. The van der Waals surface area contributed by atoms with Crippen molar-refractivity contribution in [2.24, 2.45) is 0 Å². The Kier molecular flexibility index (Phi) is 8.18. The number of rotatable bonds is 8. The molecule has 1 aliphatic heterocycles. The standard InChI is InChI=1S/C31H32N2O4/c1-4-37-31(36)29-22(3)33(28(34)18-27(29)25-14-10-21(2)11-15-25)20-24-12-16-26(17-13-24)30(35)32-19-23-8-6-5-7-9-23/h5-17,27H,4,18-20H2,1-3H3,(H,32,35). The minimum Gasteiger partial charge on any atom is -0.463 e. The third-order valence-electron chi connectivity index (χ3n) is 6.65. The summed E-state index contributed by atoms with van der Waals surface area (Å²) >= 11 is 0. The minimum absolute atomic E-state index is 0.0548. The molecular weight excluding hydrogens is 464 g/mol. The maximum absolute atomic E-state index is 13.3. The van der Waals surface area contributed by atoms with Crippen LogP contribution in [-0.4, -0.2) is 29.3 Å². The van der Waals surface area contributed by atoms with Crippen LogP contribution >= 0.6 is 0 Å². The van der Waals surface area contributed by atoms with Crippen molar-refractivity contribution in [2.75, 3.05) is 6.61 Å². The van der Waals surface area contributed by atoms with E-state index in [1.54, 1.807) is 30.9 Å². The molecule has 3 aromatic rings. The van der Waals surface area contributed by atoms with Gasteiger partial charge in [0.1, 0.15) is 0 Å². The Hall–Kier alpha value is -4.19. The van der Waals surface area contributed by atoms with Crippen molar-refractivity contribution in [3.8, 4) is 0 Å². The molecule has 1 N–H and O–H groups in total. The zero-order valence-electron chi connectivity index (χ0n) is 21.5. The van der Waals surface area contributed by atoms with E-state index in [1.165, 1.54) is 0 Å². The number of benzene rings is 3. The number of allylic oxidation sites excluding steroid dienone is 1. The molecule has 1 unspecified atom stereocenters. The molecular formula is C31H32N2O4. The molecule has 0 saturated heterocycles. The van der Waals surface area contributed by atoms with E-state index >= 15 is 0 Å². The van der Waals surface area contributed by atoms with E-state index in [-0.39, 0.29) is 30.8 Å². The summed E-state index contributed by atoms with van der Waals surface area (Å²) in [5.74, 6) is -0.959. The van der Waals surface area contributed by atoms with E-state index in [0.717, 1.165) is 22.3 Å². The molecule has 0 aliphatic carbocycles. The SMILES string of the molecule is CCOC(=O)C1=C(C)N(Cc2ccc(C(=O)NCc3ccccc3)cc2)C(=O)CC1c1ccc(C)cc1. The van der Waals surface area contributed by atoms with Crippen molar-refractivity contribution in [1.29, 1.82) is 0 Å². The van der Waals surface area contributed by atoms with Crippen molar-refractivity contribution >= 4 is 17.8 Å². The summed E-state index contributed by atoms with van der Waals surface area (Å²) in [7, 11) is 0. The third kappa shape index (κ3) is 6.15. The summed E-state index contributed by atoms with van der Waals surface area (Å²) in [5.41, 5.74) is 5.59. The Morgan fingerprint density at radius 1 is 0.919 bits per heavy atom. The molecule has 6 heteroatoms. The summed E-state index contributed by atoms with van der Waals surface area (Å²) in [6, 6.07) is 24.8. The van der Waals surface area contributed by atoms with Crippen LogP contribution in [0.15, 0.2) is 90.1 Å². The van der Waals surface area contributed by atoms with Crippen molar-refractivity contribution in [1.82, 2.24) is 10.2 Å². The molecule has 4 rings (SSSR count). The zero-order valence-corrected chi connectivity index (χ0v) is 21.5. The lowest BCUT2D eigenvalue weighted by atomic mass is 9.83. The van der Waals surface area contributed by atoms with Crippen LogP contribution in [0.4, 0.5) is 0 Å². The second kappa shape index (κ2) is 11.7. The molecule has 0 fully saturated rings. The molecule has 2 amide bonds. The van der Waals surface area contributed by atoms with Crippen LogP contribution in [0.5, 0.6) is 0 Å². The summed E-state index contributed by atoms with van der Waals surface area (Å²) < 4.78 is 5.38. The number of esters is 1. The number of ether oxygens (including phenoxy) is 1. The lowest BCUT2D eigenvalue weighted by Crippen LogP contribution is -2.38. The summed E-state index contributed by atoms with van der Waals surface area (Å²) in [5, 5.41) is 2.92. The van der Waals surface area contributed by atoms with Gasteiger partial charge in [0, 0.05) is 30.1 Å². The fourth-order valence-electron chi connectivity index (χ4n) is 4.58. The van der Waals surface area contributed by atoms with Gasteiger partial charge in [0.2, 0.25) is 5.91 Å². The maximum atomic E-state index is 13.3. The smallest absolute Gasteiger partial charge is 0.336 e. The number of hydrogen-bond donors (Lipinski definition) is 1. The monoisotopic (exact) mass is 496 g/mol. The van der Waals surface area contributed by atoms with E-state index in [1.807, 2.05) is 73.7 Å². The van der Waals surface area contributed by atoms with E-state index in [2.05, 4.69) is 5.32 Å². The number of aryl methyl sites for hydroxylation is 1. The lowest BCUT2D eigenvalue weighted by Gasteiger charge is -2.34. The average Bonchev–Trinajstić information content (AvgIpc) is 2.91. The zero-order chi connectivity index (χ0) is 26.4. The first-order valence-electron chi connectivity index (χ1n) is 12.5. The Morgan fingerprint density at radius 2 is 1.59 bits per heavy atom. The molecule has 0 radical (unpaired) electrons. The highest BCUT2D eigenvalue weighted by Crippen LogP contribution is 2.37. The van der Waals surface area contributed by atoms with Gasteiger partial charge in [-0.3, -0.25) is 9.59 Å². The fraction of sp³-hybridized carbons (Fsp3) is 0.258. The quantitative estimate of drug-likeness (QED) is 0.431. The van der Waals surface area contributed by atoms with Gasteiger partial charge in [-0.2, -0.15) is 0 Å². The van der Waals surface area contributed by atoms with Gasteiger partial charge in [0.15, 0.2) is 0 Å². The first kappa shape index (κ1) is 25.9. The van der Waals surface area contributed by atoms with Crippen LogP contribution in [-0.2, 0) is 27.4 Å². The van der Waals surface area contributed by atoms with Crippen LogP contribution < -0.4 is 5.32 Å². The second-order valence-corrected chi connectivity index (χ2v) is 9.23. The number of carbonyl (C=O) groups is 3. The van der Waals surface area contributed by atoms with E-state index in [0.29, 0.717) is 29.9 Å². The fourth-order valence-corrected chi connectivity index (χ4v) is 4.58. The molecule has 0 aromatic heterocycles. The normalized spacial score (nSPS) is 15.5. The first-order valence-corrected chi connectivity index (χ1v) is 12.5. The molecule has 1 atom stereocenters. The number of amides is 2. The Balaban J connectivity index is 1.52. The highest BCUT2D eigenvalue weighted by molar-refractivity contribution is 5.96. The van der Waals surface area contributed by atoms with Gasteiger partial charge < -0.3 is 15.0 Å². The molecule has 0 bridgehead atoms. The second-order valence-electron chi connectivity index (χ2n) is 9.23. The van der Waals surface area contributed by atoms with Crippen LogP contribution in [0.2, 0.25) is 0 Å². The Morgan fingerprint density at radius 3 is 2.24 bits per heavy atom. The van der Waals surface area contributed by atoms with Gasteiger partial charge in [0.25, 0.3) is 5.91 Å². The molecule has 0 saturated carbocycles. The Bertz CT molecular complexity index is 1300. The number of carbonyl (C=O) groups excluding carboxylic acids is 3. The minimum atomic E-state index is -0.395. The van der Waals surface area contributed by atoms with Crippen molar-refractivity contribution < 1.29 is 19.1 Å². The van der Waals surface area contributed by atoms with Gasteiger partial charge in [0.05, 0.1) is 18.7 Å². The van der Waals surface area contributed by atoms with Gasteiger partial charge in [-0.25, -0.2) is 4.79 Å². The average molecular weight is 497 g/mol. The van der Waals surface area contributed by atoms with E-state index in [4.69, 9.17) is 4.74 Å². The summed E-state index contributed by atoms with van der Waals surface area (Å²) in [6.07, 6.45) is 0.189. The molecule has 0 spiro atoms. The molecule has 1 aliphatic rings. The lowest BCUT2D eigenvalue weighted by molar-refractivity contribution is -0.140. The van der Waals surface area contributed by atoms with Crippen molar-refractivity contribution in [2.45, 2.75) is 46.2 Å². The van der Waals surface area contributed by atoms with Gasteiger partial charge in [-0.05, 0) is 49.6 Å². The topological polar surface area (TPSA) is 75.7 Å². The molecule has 37 heavy (non-hydrogen) atoms. The highest BCUT2D eigenvalue weighted by Gasteiger charge is 2.36. The third-order valence-corrected chi connectivity index (χ3v) is 6.65. The number of hydrogen-bond acceptors (Lipinski definition) is 4. The number of nitrogens with one attached hydrogen (secondary N) is 1. The van der Waals surface area contributed by atoms with Gasteiger partial charge >= 0.3 is 5.97 Å². The van der Waals surface area contributed by atoms with E-state index < -0.39 is 5.97 Å². The van der Waals surface area contributed by atoms with E-state index in [9.17, 15) is 14.4 Å². The van der Waals surface area contributed by atoms with Crippen LogP contribution in [0.25, 0.3) is 0 Å². The molecule has 3 aromatic carbocycles. The first-order chi connectivity index (χ1) is 17.9. The summed E-state index contributed by atoms with van der Waals surface area (Å²) in [6.45, 7) is 6.60. The molecule has 6 nitrogen and oxygen atoms in total. The number of nitrogens with zero attached hydrogens (tertiary/aromatic N) is 1. The van der Waals surface area contributed by atoms with Crippen molar-refractivity contribution in [3.63, 3.8) is 0 Å². The van der Waals surface area contributed by atoms with Gasteiger partial charge in [-0.15, -0.1) is 0 Å². The van der Waals surface area contributed by atoms with Crippen LogP contribution in [0, 0.1) is 6.92 Å². The van der Waals surface area contributed by atoms with Gasteiger partial charge in [-0.1, -0.05) is 72.3 Å². The predicted octanol–water partition coefficient (Wildman–Crippen LogP) is 5.28. The summed E-state index contributed by atoms with van der Waals surface area (Å²) in [4.78, 5) is 40.4. The van der Waals surface area contributed by atoms with Crippen LogP contribution in [0.1, 0.15) is 58.8 Å². The Labute approximate surface area is 218 Å². The highest BCUT2D eigenvalue weighted by atomic mass is 16.5.